The van der Waals surface area contributed by atoms with Gasteiger partial charge in [-0.15, -0.1) is 0 Å². The Labute approximate surface area is 97.0 Å². The fraction of sp³-hybridized carbons (Fsp3) is 0.333. The average molecular weight is 295 g/mol. The van der Waals surface area contributed by atoms with Crippen LogP contribution in [-0.4, -0.2) is 18.6 Å². The number of rotatable bonds is 5. The molecule has 1 unspecified atom stereocenters. The molecule has 0 aliphatic rings. The largest absolute Gasteiger partial charge is 0.471 e. The van der Waals surface area contributed by atoms with Gasteiger partial charge in [-0.3, -0.25) is 9.05 Å². The van der Waals surface area contributed by atoms with Gasteiger partial charge in [-0.05, 0) is 24.1 Å². The van der Waals surface area contributed by atoms with Crippen molar-refractivity contribution in [1.29, 1.82) is 0 Å². The highest BCUT2D eigenvalue weighted by molar-refractivity contribution is 9.10. The summed E-state index contributed by atoms with van der Waals surface area (Å²) in [4.78, 5) is 8.95. The maximum Gasteiger partial charge on any atom is 0.471 e. The van der Waals surface area contributed by atoms with Gasteiger partial charge in [0.05, 0.1) is 6.61 Å². The van der Waals surface area contributed by atoms with Gasteiger partial charge >= 0.3 is 7.82 Å². The summed E-state index contributed by atoms with van der Waals surface area (Å²) in [5, 5.41) is 0. The molecule has 15 heavy (non-hydrogen) atoms. The molecule has 0 bridgehead atoms. The van der Waals surface area contributed by atoms with E-state index in [2.05, 4.69) is 25.0 Å². The van der Waals surface area contributed by atoms with E-state index in [1.807, 2.05) is 24.3 Å². The zero-order valence-electron chi connectivity index (χ0n) is 8.22. The molecule has 84 valence electrons. The molecule has 4 nitrogen and oxygen atoms in total. The van der Waals surface area contributed by atoms with Crippen LogP contribution in [0.3, 0.4) is 0 Å². The van der Waals surface area contributed by atoms with E-state index in [-0.39, 0.29) is 6.61 Å². The Kier molecular flexibility index (Phi) is 4.96. The van der Waals surface area contributed by atoms with Crippen molar-refractivity contribution in [3.63, 3.8) is 0 Å². The second-order valence-electron chi connectivity index (χ2n) is 2.86. The van der Waals surface area contributed by atoms with Crippen molar-refractivity contribution in [3.8, 4) is 0 Å². The maximum absolute atomic E-state index is 10.9. The van der Waals surface area contributed by atoms with E-state index in [0.717, 1.165) is 17.1 Å². The standard InChI is InChI=1S/C9H12BrO4P/c1-13-15(11,12)14-7-6-8-2-4-9(10)5-3-8/h2-5H,6-7H2,1H3,(H,11,12). The molecule has 1 N–H and O–H groups in total. The molecule has 1 aromatic carbocycles. The monoisotopic (exact) mass is 294 g/mol. The normalized spacial score (nSPS) is 14.9. The summed E-state index contributed by atoms with van der Waals surface area (Å²) in [5.74, 6) is 0. The predicted molar refractivity (Wildman–Crippen MR) is 60.6 cm³/mol. The van der Waals surface area contributed by atoms with Crippen LogP contribution in [0.2, 0.25) is 0 Å². The minimum Gasteiger partial charge on any atom is -0.303 e. The third kappa shape index (κ3) is 4.91. The Balaban J connectivity index is 2.38. The van der Waals surface area contributed by atoms with E-state index in [1.165, 1.54) is 0 Å². The second-order valence-corrected chi connectivity index (χ2v) is 5.34. The van der Waals surface area contributed by atoms with Gasteiger partial charge in [0.15, 0.2) is 0 Å². The molecule has 0 spiro atoms. The molecular weight excluding hydrogens is 283 g/mol. The first-order valence-electron chi connectivity index (χ1n) is 4.31. The van der Waals surface area contributed by atoms with E-state index in [1.54, 1.807) is 0 Å². The highest BCUT2D eigenvalue weighted by Gasteiger charge is 2.17. The van der Waals surface area contributed by atoms with E-state index in [0.29, 0.717) is 6.42 Å². The summed E-state index contributed by atoms with van der Waals surface area (Å²) in [6, 6.07) is 7.65. The van der Waals surface area contributed by atoms with E-state index in [9.17, 15) is 4.57 Å². The summed E-state index contributed by atoms with van der Waals surface area (Å²) >= 11 is 3.32. The fourth-order valence-corrected chi connectivity index (χ4v) is 1.67. The van der Waals surface area contributed by atoms with Crippen LogP contribution >= 0.6 is 23.8 Å². The Morgan fingerprint density at radius 1 is 1.40 bits per heavy atom. The van der Waals surface area contributed by atoms with Crippen molar-refractivity contribution in [2.75, 3.05) is 13.7 Å². The SMILES string of the molecule is COP(=O)(O)OCCc1ccc(Br)cc1. The molecule has 0 radical (unpaired) electrons. The third-order valence-corrected chi connectivity index (χ3v) is 3.29. The predicted octanol–water partition coefficient (Wildman–Crippen LogP) is 2.76. The van der Waals surface area contributed by atoms with Crippen molar-refractivity contribution in [3.05, 3.63) is 34.3 Å². The smallest absolute Gasteiger partial charge is 0.303 e. The van der Waals surface area contributed by atoms with Gasteiger partial charge in [-0.1, -0.05) is 28.1 Å². The lowest BCUT2D eigenvalue weighted by atomic mass is 10.2. The minimum absolute atomic E-state index is 0.156. The Bertz CT molecular complexity index is 352. The van der Waals surface area contributed by atoms with Crippen molar-refractivity contribution >= 4 is 23.8 Å². The van der Waals surface area contributed by atoms with Crippen LogP contribution in [0.25, 0.3) is 0 Å². The Morgan fingerprint density at radius 2 is 2.00 bits per heavy atom. The first kappa shape index (κ1) is 12.9. The molecule has 0 amide bonds. The lowest BCUT2D eigenvalue weighted by molar-refractivity contribution is 0.175. The second kappa shape index (κ2) is 5.77. The zero-order valence-corrected chi connectivity index (χ0v) is 10.7. The van der Waals surface area contributed by atoms with Crippen molar-refractivity contribution in [2.45, 2.75) is 6.42 Å². The first-order valence-corrected chi connectivity index (χ1v) is 6.60. The van der Waals surface area contributed by atoms with Crippen LogP contribution in [0.4, 0.5) is 0 Å². The van der Waals surface area contributed by atoms with Gasteiger partial charge in [0.25, 0.3) is 0 Å². The van der Waals surface area contributed by atoms with Gasteiger partial charge in [0.2, 0.25) is 0 Å². The molecule has 0 fully saturated rings. The zero-order chi connectivity index (χ0) is 11.3. The number of halogens is 1. The third-order valence-electron chi connectivity index (χ3n) is 1.79. The summed E-state index contributed by atoms with van der Waals surface area (Å²) in [5.41, 5.74) is 1.04. The number of phosphoric acid groups is 1. The molecule has 1 atom stereocenters. The van der Waals surface area contributed by atoms with Crippen LogP contribution in [0, 0.1) is 0 Å². The molecule has 0 saturated heterocycles. The van der Waals surface area contributed by atoms with E-state index in [4.69, 9.17) is 4.89 Å². The summed E-state index contributed by atoms with van der Waals surface area (Å²) in [6.07, 6.45) is 0.571. The lowest BCUT2D eigenvalue weighted by Crippen LogP contribution is -1.98. The van der Waals surface area contributed by atoms with Crippen LogP contribution < -0.4 is 0 Å². The molecule has 6 heteroatoms. The topological polar surface area (TPSA) is 55.8 Å². The van der Waals surface area contributed by atoms with Crippen molar-refractivity contribution in [2.24, 2.45) is 0 Å². The summed E-state index contributed by atoms with van der Waals surface area (Å²) in [6.45, 7) is 0.156. The van der Waals surface area contributed by atoms with E-state index < -0.39 is 7.82 Å². The number of phosphoric ester groups is 1. The molecular formula is C9H12BrO4P. The van der Waals surface area contributed by atoms with Crippen LogP contribution in [0.1, 0.15) is 5.56 Å². The fourth-order valence-electron chi connectivity index (χ4n) is 0.983. The van der Waals surface area contributed by atoms with Gasteiger partial charge in [-0.2, -0.15) is 0 Å². The quantitative estimate of drug-likeness (QED) is 0.849. The van der Waals surface area contributed by atoms with Gasteiger partial charge in [0.1, 0.15) is 0 Å². The van der Waals surface area contributed by atoms with E-state index >= 15 is 0 Å². The van der Waals surface area contributed by atoms with Crippen LogP contribution in [-0.2, 0) is 20.0 Å². The lowest BCUT2D eigenvalue weighted by Gasteiger charge is -2.08. The molecule has 0 saturated carbocycles. The Hall–Kier alpha value is -0.190. The van der Waals surface area contributed by atoms with Crippen LogP contribution in [0.15, 0.2) is 28.7 Å². The molecule has 0 aliphatic carbocycles. The van der Waals surface area contributed by atoms with Gasteiger partial charge in [-0.25, -0.2) is 4.57 Å². The highest BCUT2D eigenvalue weighted by Crippen LogP contribution is 2.41. The first-order chi connectivity index (χ1) is 7.03. The van der Waals surface area contributed by atoms with Crippen molar-refractivity contribution in [1.82, 2.24) is 0 Å². The van der Waals surface area contributed by atoms with Crippen LogP contribution in [0.5, 0.6) is 0 Å². The average Bonchev–Trinajstić information content (AvgIpc) is 2.21. The highest BCUT2D eigenvalue weighted by atomic mass is 79.9. The number of hydrogen-bond acceptors (Lipinski definition) is 3. The summed E-state index contributed by atoms with van der Waals surface area (Å²) in [7, 11) is -2.69. The number of benzene rings is 1. The molecule has 1 aromatic rings. The van der Waals surface area contributed by atoms with Gasteiger partial charge in [0, 0.05) is 11.6 Å². The summed E-state index contributed by atoms with van der Waals surface area (Å²) < 4.78 is 20.9. The maximum atomic E-state index is 10.9. The molecule has 0 heterocycles. The van der Waals surface area contributed by atoms with Gasteiger partial charge < -0.3 is 4.89 Å². The van der Waals surface area contributed by atoms with Crippen molar-refractivity contribution < 1.29 is 18.5 Å². The minimum atomic E-state index is -3.83. The molecule has 0 aliphatic heterocycles. The Morgan fingerprint density at radius 3 is 2.53 bits per heavy atom. The molecule has 1 rings (SSSR count). The molecule has 0 aromatic heterocycles. The number of hydrogen-bond donors (Lipinski definition) is 1.